The normalized spacial score (nSPS) is 31.2. The van der Waals surface area contributed by atoms with Crippen molar-refractivity contribution in [3.8, 4) is 0 Å². The van der Waals surface area contributed by atoms with Crippen LogP contribution in [-0.4, -0.2) is 63.3 Å². The maximum absolute atomic E-state index is 13.1. The van der Waals surface area contributed by atoms with Gasteiger partial charge in [-0.15, -0.1) is 0 Å². The molecule has 0 aliphatic carbocycles. The van der Waals surface area contributed by atoms with Crippen LogP contribution in [-0.2, 0) is 27.6 Å². The molecule has 0 radical (unpaired) electrons. The lowest BCUT2D eigenvalue weighted by Gasteiger charge is -2.30. The summed E-state index contributed by atoms with van der Waals surface area (Å²) >= 11 is 6.06. The Labute approximate surface area is 203 Å². The predicted molar refractivity (Wildman–Crippen MR) is 123 cm³/mol. The fraction of sp³-hybridized carbons (Fsp3) is 0.450. The number of hydrogen-bond acceptors (Lipinski definition) is 11. The number of nitrogen functional groups attached to an aromatic ring is 1. The van der Waals surface area contributed by atoms with Crippen LogP contribution in [0, 0.1) is 0 Å². The van der Waals surface area contributed by atoms with Crippen LogP contribution in [0.15, 0.2) is 35.4 Å². The number of nitrogens with two attached hydrogens (primary N) is 1. The molecule has 4 unspecified atom stereocenters. The molecular formula is C20H23ClN5O8P. The third-order valence-electron chi connectivity index (χ3n) is 5.81. The number of fused-ring (bicyclic) bond motifs is 1. The van der Waals surface area contributed by atoms with Crippen molar-refractivity contribution in [1.29, 1.82) is 0 Å². The monoisotopic (exact) mass is 527 g/mol. The molecule has 6 atom stereocenters. The molecule has 0 amide bonds. The molecule has 2 aliphatic heterocycles. The van der Waals surface area contributed by atoms with Crippen LogP contribution in [0.2, 0.25) is 5.02 Å². The number of nitrogens with one attached hydrogen (secondary N) is 1. The number of aliphatic hydroxyl groups is 1. The molecular weight excluding hydrogens is 505 g/mol. The number of aromatic amines is 1. The van der Waals surface area contributed by atoms with Gasteiger partial charge in [0.1, 0.15) is 18.3 Å². The lowest BCUT2D eigenvalue weighted by molar-refractivity contribution is -0.0626. The Morgan fingerprint density at radius 2 is 2.26 bits per heavy atom. The van der Waals surface area contributed by atoms with Crippen LogP contribution in [0.3, 0.4) is 0 Å². The number of benzene rings is 1. The smallest absolute Gasteiger partial charge is 0.387 e. The topological polar surface area (TPSA) is 173 Å². The first kappa shape index (κ1) is 24.3. The average molecular weight is 528 g/mol. The maximum Gasteiger partial charge on any atom is 0.475 e. The molecule has 13 nitrogen and oxygen atoms in total. The number of rotatable bonds is 6. The first-order valence-electron chi connectivity index (χ1n) is 10.7. The third kappa shape index (κ3) is 4.74. The molecule has 15 heteroatoms. The molecule has 4 heterocycles. The molecule has 188 valence electrons. The Hall–Kier alpha value is -2.35. The number of halogens is 1. The molecule has 4 N–H and O–H groups in total. The predicted octanol–water partition coefficient (Wildman–Crippen LogP) is 1.93. The minimum atomic E-state index is -3.96. The molecule has 1 aromatic carbocycles. The third-order valence-corrected chi connectivity index (χ3v) is 7.52. The number of aromatic nitrogens is 4. The summed E-state index contributed by atoms with van der Waals surface area (Å²) in [5, 5.41) is 11.3. The number of H-pyrrole nitrogens is 1. The number of anilines is 1. The number of methoxy groups -OCH3 is 1. The second kappa shape index (κ2) is 9.60. The average Bonchev–Trinajstić information content (AvgIpc) is 3.38. The second-order valence-corrected chi connectivity index (χ2v) is 10.1. The lowest BCUT2D eigenvalue weighted by atomic mass is 10.1. The SMILES string of the molecule is COC1C(O)[C@@H](COP2(=O)OCCC(c3cccc(Cl)c3)O2)O[C@H]1n1cnc2c(=O)[nH]c(N)nc21. The van der Waals surface area contributed by atoms with Crippen LogP contribution >= 0.6 is 19.4 Å². The lowest BCUT2D eigenvalue weighted by Crippen LogP contribution is -2.35. The van der Waals surface area contributed by atoms with Crippen molar-refractivity contribution in [3.63, 3.8) is 0 Å². The van der Waals surface area contributed by atoms with E-state index in [0.717, 1.165) is 5.56 Å². The van der Waals surface area contributed by atoms with E-state index >= 15 is 0 Å². The van der Waals surface area contributed by atoms with E-state index < -0.39 is 44.0 Å². The van der Waals surface area contributed by atoms with E-state index in [1.54, 1.807) is 18.2 Å². The fourth-order valence-electron chi connectivity index (χ4n) is 4.14. The number of ether oxygens (including phenoxy) is 2. The van der Waals surface area contributed by atoms with E-state index in [1.807, 2.05) is 6.07 Å². The van der Waals surface area contributed by atoms with Gasteiger partial charge in [0, 0.05) is 18.6 Å². The van der Waals surface area contributed by atoms with Crippen LogP contribution in [0.1, 0.15) is 24.3 Å². The number of aliphatic hydroxyl groups excluding tert-OH is 1. The molecule has 35 heavy (non-hydrogen) atoms. The van der Waals surface area contributed by atoms with E-state index in [9.17, 15) is 14.5 Å². The van der Waals surface area contributed by atoms with Gasteiger partial charge in [0.05, 0.1) is 25.6 Å². The highest BCUT2D eigenvalue weighted by Crippen LogP contribution is 2.57. The highest BCUT2D eigenvalue weighted by atomic mass is 35.5. The van der Waals surface area contributed by atoms with Gasteiger partial charge in [-0.2, -0.15) is 4.98 Å². The van der Waals surface area contributed by atoms with Crippen molar-refractivity contribution in [2.75, 3.05) is 26.1 Å². The van der Waals surface area contributed by atoms with Crippen LogP contribution in [0.5, 0.6) is 0 Å². The van der Waals surface area contributed by atoms with Gasteiger partial charge < -0.3 is 20.3 Å². The van der Waals surface area contributed by atoms with Crippen LogP contribution in [0.25, 0.3) is 11.2 Å². The van der Waals surface area contributed by atoms with Crippen molar-refractivity contribution in [3.05, 3.63) is 51.5 Å². The van der Waals surface area contributed by atoms with Gasteiger partial charge in [-0.1, -0.05) is 23.7 Å². The van der Waals surface area contributed by atoms with Crippen molar-refractivity contribution in [1.82, 2.24) is 19.5 Å². The molecule has 2 fully saturated rings. The van der Waals surface area contributed by atoms with Crippen molar-refractivity contribution >= 4 is 36.5 Å². The largest absolute Gasteiger partial charge is 0.475 e. The molecule has 2 saturated heterocycles. The molecule has 2 aromatic heterocycles. The minimum Gasteiger partial charge on any atom is -0.387 e. The van der Waals surface area contributed by atoms with Gasteiger partial charge in [-0.05, 0) is 17.7 Å². The highest BCUT2D eigenvalue weighted by Gasteiger charge is 2.47. The van der Waals surface area contributed by atoms with Gasteiger partial charge in [-0.3, -0.25) is 27.9 Å². The highest BCUT2D eigenvalue weighted by molar-refractivity contribution is 7.48. The number of hydrogen-bond donors (Lipinski definition) is 3. The summed E-state index contributed by atoms with van der Waals surface area (Å²) in [6, 6.07) is 7.03. The van der Waals surface area contributed by atoms with Gasteiger partial charge in [0.2, 0.25) is 5.95 Å². The van der Waals surface area contributed by atoms with Crippen molar-refractivity contribution in [2.24, 2.45) is 0 Å². The zero-order valence-electron chi connectivity index (χ0n) is 18.4. The van der Waals surface area contributed by atoms with Gasteiger partial charge >= 0.3 is 7.82 Å². The van der Waals surface area contributed by atoms with E-state index in [4.69, 9.17) is 40.4 Å². The molecule has 5 rings (SSSR count). The Bertz CT molecular complexity index is 1330. The Kier molecular flexibility index (Phi) is 6.68. The zero-order chi connectivity index (χ0) is 24.7. The summed E-state index contributed by atoms with van der Waals surface area (Å²) in [6.07, 6.45) is -2.67. The summed E-state index contributed by atoms with van der Waals surface area (Å²) in [5.74, 6) is -0.101. The summed E-state index contributed by atoms with van der Waals surface area (Å²) in [5.41, 5.74) is 6.10. The Morgan fingerprint density at radius 3 is 3.03 bits per heavy atom. The van der Waals surface area contributed by atoms with Crippen LogP contribution < -0.4 is 11.3 Å². The molecule has 2 aliphatic rings. The first-order valence-corrected chi connectivity index (χ1v) is 12.5. The number of phosphoric ester groups is 1. The molecule has 0 bridgehead atoms. The zero-order valence-corrected chi connectivity index (χ0v) is 20.1. The van der Waals surface area contributed by atoms with Crippen molar-refractivity contribution in [2.45, 2.75) is 37.1 Å². The number of imidazole rings is 1. The van der Waals surface area contributed by atoms with Gasteiger partial charge in [-0.25, -0.2) is 9.55 Å². The van der Waals surface area contributed by atoms with Gasteiger partial charge in [0.15, 0.2) is 17.4 Å². The van der Waals surface area contributed by atoms with Gasteiger partial charge in [0.25, 0.3) is 5.56 Å². The molecule has 0 spiro atoms. The summed E-state index contributed by atoms with van der Waals surface area (Å²) in [7, 11) is -2.56. The quantitative estimate of drug-likeness (QED) is 0.400. The number of phosphoric acid groups is 1. The van der Waals surface area contributed by atoms with E-state index in [-0.39, 0.29) is 30.3 Å². The number of nitrogens with zero attached hydrogens (tertiary/aromatic N) is 3. The van der Waals surface area contributed by atoms with E-state index in [0.29, 0.717) is 11.4 Å². The fourth-order valence-corrected chi connectivity index (χ4v) is 5.73. The summed E-state index contributed by atoms with van der Waals surface area (Å²) < 4.78 is 42.4. The maximum atomic E-state index is 13.1. The van der Waals surface area contributed by atoms with Crippen LogP contribution in [0.4, 0.5) is 5.95 Å². The standard InChI is InChI=1S/C20H23ClN5O8P/c1-30-16-15(27)13(33-19(16)26-9-23-14-17(26)24-20(22)25-18(14)28)8-32-35(29)31-6-5-12(34-35)10-3-2-4-11(21)7-10/h2-4,7,9,12-13,15-16,19,27H,5-6,8H2,1H3,(H3,22,24,25,28)/t12?,13-,15?,16?,19-,35?/m1/s1. The minimum absolute atomic E-state index is 0.0485. The second-order valence-electron chi connectivity index (χ2n) is 8.05. The van der Waals surface area contributed by atoms with Crippen molar-refractivity contribution < 1.29 is 32.7 Å². The first-order chi connectivity index (χ1) is 16.8. The summed E-state index contributed by atoms with van der Waals surface area (Å²) in [6.45, 7) is -0.172. The Morgan fingerprint density at radius 1 is 1.43 bits per heavy atom. The van der Waals surface area contributed by atoms with E-state index in [2.05, 4.69) is 15.0 Å². The molecule has 3 aromatic rings. The molecule has 0 saturated carbocycles. The summed E-state index contributed by atoms with van der Waals surface area (Å²) in [4.78, 5) is 22.6. The Balaban J connectivity index is 1.31. The van der Waals surface area contributed by atoms with E-state index in [1.165, 1.54) is 18.0 Å².